The second-order valence-electron chi connectivity index (χ2n) is 4.35. The molecule has 1 aromatic rings. The van der Waals surface area contributed by atoms with E-state index < -0.39 is 21.9 Å². The van der Waals surface area contributed by atoms with E-state index in [1.54, 1.807) is 6.92 Å². The van der Waals surface area contributed by atoms with Crippen molar-refractivity contribution in [2.24, 2.45) is 5.92 Å². The predicted octanol–water partition coefficient (Wildman–Crippen LogP) is 1.85. The number of carbonyl (C=O) groups is 1. The fourth-order valence-corrected chi connectivity index (χ4v) is 4.74. The van der Waals surface area contributed by atoms with Crippen LogP contribution in [0.5, 0.6) is 0 Å². The smallest absolute Gasteiger partial charge is 0.306 e. The van der Waals surface area contributed by atoms with Gasteiger partial charge in [0.05, 0.1) is 10.3 Å². The molecule has 0 unspecified atom stereocenters. The first-order valence-electron chi connectivity index (χ1n) is 5.30. The molecule has 2 rings (SSSR count). The number of sulfonamides is 1. The minimum absolute atomic E-state index is 0.170. The Morgan fingerprint density at radius 1 is 1.56 bits per heavy atom. The third-order valence-corrected chi connectivity index (χ3v) is 6.46. The number of aryl methyl sites for hydroxylation is 1. The van der Waals surface area contributed by atoms with Crippen LogP contribution in [0.4, 0.5) is 0 Å². The summed E-state index contributed by atoms with van der Waals surface area (Å²) >= 11 is 6.84. The van der Waals surface area contributed by atoms with Gasteiger partial charge in [-0.25, -0.2) is 13.1 Å². The van der Waals surface area contributed by atoms with Gasteiger partial charge in [-0.1, -0.05) is 11.6 Å². The number of rotatable bonds is 4. The van der Waals surface area contributed by atoms with Gasteiger partial charge in [0, 0.05) is 6.04 Å². The fourth-order valence-electron chi connectivity index (χ4n) is 1.76. The van der Waals surface area contributed by atoms with Crippen LogP contribution in [0.2, 0.25) is 4.34 Å². The lowest BCUT2D eigenvalue weighted by Gasteiger charge is -2.32. The van der Waals surface area contributed by atoms with E-state index in [9.17, 15) is 13.2 Å². The summed E-state index contributed by atoms with van der Waals surface area (Å²) < 4.78 is 27.1. The molecule has 0 saturated heterocycles. The Kier molecular flexibility index (Phi) is 3.68. The van der Waals surface area contributed by atoms with E-state index in [-0.39, 0.29) is 10.3 Å². The SMILES string of the molecule is Cc1cc(S(=O)(=O)NC2CC(C(=O)O)C2)sc1Cl. The summed E-state index contributed by atoms with van der Waals surface area (Å²) in [7, 11) is -3.58. The van der Waals surface area contributed by atoms with Crippen molar-refractivity contribution in [3.63, 3.8) is 0 Å². The average Bonchev–Trinajstić information content (AvgIpc) is 2.53. The van der Waals surface area contributed by atoms with Crippen molar-refractivity contribution in [1.82, 2.24) is 4.72 Å². The van der Waals surface area contributed by atoms with E-state index in [1.807, 2.05) is 0 Å². The van der Waals surface area contributed by atoms with Crippen molar-refractivity contribution in [2.75, 3.05) is 0 Å². The average molecular weight is 310 g/mol. The first kappa shape index (κ1) is 13.8. The molecule has 0 aliphatic heterocycles. The Morgan fingerprint density at radius 3 is 2.61 bits per heavy atom. The van der Waals surface area contributed by atoms with Gasteiger partial charge in [0.2, 0.25) is 10.0 Å². The third kappa shape index (κ3) is 2.69. The molecule has 18 heavy (non-hydrogen) atoms. The van der Waals surface area contributed by atoms with Gasteiger partial charge in [0.1, 0.15) is 4.21 Å². The molecule has 0 spiro atoms. The highest BCUT2D eigenvalue weighted by atomic mass is 35.5. The van der Waals surface area contributed by atoms with Gasteiger partial charge in [-0.2, -0.15) is 0 Å². The minimum atomic E-state index is -3.58. The van der Waals surface area contributed by atoms with Crippen LogP contribution < -0.4 is 4.72 Å². The molecule has 1 saturated carbocycles. The molecule has 8 heteroatoms. The van der Waals surface area contributed by atoms with Crippen LogP contribution in [0.25, 0.3) is 0 Å². The fraction of sp³-hybridized carbons (Fsp3) is 0.500. The number of carboxylic acids is 1. The summed E-state index contributed by atoms with van der Waals surface area (Å²) in [4.78, 5) is 10.6. The summed E-state index contributed by atoms with van der Waals surface area (Å²) in [6.07, 6.45) is 0.680. The molecule has 1 aliphatic carbocycles. The quantitative estimate of drug-likeness (QED) is 0.889. The maximum absolute atomic E-state index is 12.0. The van der Waals surface area contributed by atoms with E-state index >= 15 is 0 Å². The number of nitrogens with one attached hydrogen (secondary N) is 1. The van der Waals surface area contributed by atoms with Crippen LogP contribution >= 0.6 is 22.9 Å². The Bertz CT molecular complexity index is 555. The molecule has 1 aliphatic rings. The molecule has 1 aromatic heterocycles. The van der Waals surface area contributed by atoms with Crippen LogP contribution in [0.15, 0.2) is 10.3 Å². The van der Waals surface area contributed by atoms with Gasteiger partial charge >= 0.3 is 5.97 Å². The van der Waals surface area contributed by atoms with Crippen LogP contribution in [0.1, 0.15) is 18.4 Å². The maximum atomic E-state index is 12.0. The summed E-state index contributed by atoms with van der Waals surface area (Å²) in [5.74, 6) is -1.31. The minimum Gasteiger partial charge on any atom is -0.481 e. The molecule has 0 aromatic carbocycles. The zero-order valence-corrected chi connectivity index (χ0v) is 11.9. The molecule has 2 N–H and O–H groups in total. The molecule has 0 bridgehead atoms. The summed E-state index contributed by atoms with van der Waals surface area (Å²) in [6, 6.07) is 1.22. The lowest BCUT2D eigenvalue weighted by atomic mass is 9.81. The highest BCUT2D eigenvalue weighted by molar-refractivity contribution is 7.91. The number of hydrogen-bond donors (Lipinski definition) is 2. The zero-order chi connectivity index (χ0) is 13.5. The van der Waals surface area contributed by atoms with Crippen molar-refractivity contribution in [3.8, 4) is 0 Å². The van der Waals surface area contributed by atoms with Gasteiger partial charge < -0.3 is 5.11 Å². The van der Waals surface area contributed by atoms with E-state index in [2.05, 4.69) is 4.72 Å². The second-order valence-corrected chi connectivity index (χ2v) is 7.94. The second kappa shape index (κ2) is 4.80. The largest absolute Gasteiger partial charge is 0.481 e. The van der Waals surface area contributed by atoms with Crippen LogP contribution in [0.3, 0.4) is 0 Å². The van der Waals surface area contributed by atoms with Crippen molar-refractivity contribution in [1.29, 1.82) is 0 Å². The van der Waals surface area contributed by atoms with Crippen LogP contribution in [0, 0.1) is 12.8 Å². The Balaban J connectivity index is 2.03. The topological polar surface area (TPSA) is 83.5 Å². The lowest BCUT2D eigenvalue weighted by molar-refractivity contribution is -0.145. The molecule has 1 heterocycles. The molecule has 0 amide bonds. The number of carboxylic acid groups (broad SMARTS) is 1. The van der Waals surface area contributed by atoms with Gasteiger partial charge in [-0.3, -0.25) is 4.79 Å². The molecule has 1 fully saturated rings. The van der Waals surface area contributed by atoms with Gasteiger partial charge in [-0.15, -0.1) is 11.3 Å². The van der Waals surface area contributed by atoms with Gasteiger partial charge in [0.15, 0.2) is 0 Å². The highest BCUT2D eigenvalue weighted by Gasteiger charge is 2.37. The summed E-state index contributed by atoms with van der Waals surface area (Å²) in [5, 5.41) is 8.71. The number of hydrogen-bond acceptors (Lipinski definition) is 4. The summed E-state index contributed by atoms with van der Waals surface area (Å²) in [6.45, 7) is 1.74. The standard InChI is InChI=1S/C10H12ClNO4S2/c1-5-2-8(17-9(5)11)18(15,16)12-7-3-6(4-7)10(13)14/h2,6-7,12H,3-4H2,1H3,(H,13,14). The lowest BCUT2D eigenvalue weighted by Crippen LogP contribution is -2.46. The van der Waals surface area contributed by atoms with Crippen molar-refractivity contribution < 1.29 is 18.3 Å². The van der Waals surface area contributed by atoms with Gasteiger partial charge in [0.25, 0.3) is 0 Å². The number of aliphatic carboxylic acids is 1. The molecular formula is C10H12ClNO4S2. The first-order valence-corrected chi connectivity index (χ1v) is 7.98. The molecular weight excluding hydrogens is 298 g/mol. The summed E-state index contributed by atoms with van der Waals surface area (Å²) in [5.41, 5.74) is 0.721. The molecule has 0 atom stereocenters. The van der Waals surface area contributed by atoms with Crippen molar-refractivity contribution in [3.05, 3.63) is 16.0 Å². The highest BCUT2D eigenvalue weighted by Crippen LogP contribution is 2.32. The molecule has 100 valence electrons. The van der Waals surface area contributed by atoms with Crippen LogP contribution in [-0.2, 0) is 14.8 Å². The Morgan fingerprint density at radius 2 is 2.17 bits per heavy atom. The van der Waals surface area contributed by atoms with E-state index in [0.29, 0.717) is 17.2 Å². The molecule has 5 nitrogen and oxygen atoms in total. The maximum Gasteiger partial charge on any atom is 0.306 e. The molecule has 0 radical (unpaired) electrons. The number of thiophene rings is 1. The van der Waals surface area contributed by atoms with Gasteiger partial charge in [-0.05, 0) is 31.4 Å². The Labute approximate surface area is 114 Å². The monoisotopic (exact) mass is 309 g/mol. The third-order valence-electron chi connectivity index (χ3n) is 2.91. The normalized spacial score (nSPS) is 23.7. The zero-order valence-electron chi connectivity index (χ0n) is 9.51. The van der Waals surface area contributed by atoms with Crippen molar-refractivity contribution >= 4 is 38.9 Å². The predicted molar refractivity (Wildman–Crippen MR) is 68.5 cm³/mol. The van der Waals surface area contributed by atoms with E-state index in [4.69, 9.17) is 16.7 Å². The first-order chi connectivity index (χ1) is 8.29. The van der Waals surface area contributed by atoms with Crippen molar-refractivity contribution in [2.45, 2.75) is 30.0 Å². The van der Waals surface area contributed by atoms with E-state index in [0.717, 1.165) is 16.9 Å². The van der Waals surface area contributed by atoms with Crippen LogP contribution in [-0.4, -0.2) is 25.5 Å². The number of halogens is 1. The van der Waals surface area contributed by atoms with E-state index in [1.165, 1.54) is 6.07 Å². The Hall–Kier alpha value is -0.630.